The van der Waals surface area contributed by atoms with Crippen molar-refractivity contribution in [2.45, 2.75) is 32.9 Å². The molecule has 4 rings (SSSR count). The van der Waals surface area contributed by atoms with Gasteiger partial charge in [0, 0.05) is 43.4 Å². The monoisotopic (exact) mass is 342 g/mol. The smallest absolute Gasteiger partial charge is 0.0798 e. The van der Waals surface area contributed by atoms with Crippen LogP contribution in [0.25, 0.3) is 0 Å². The summed E-state index contributed by atoms with van der Waals surface area (Å²) >= 11 is 1.81. The minimum Gasteiger partial charge on any atom is -0.299 e. The fourth-order valence-electron chi connectivity index (χ4n) is 4.22. The number of nitrogens with zero attached hydrogens (tertiary/aromatic N) is 4. The number of pyridine rings is 1. The highest BCUT2D eigenvalue weighted by molar-refractivity contribution is 7.09. The Morgan fingerprint density at radius 1 is 1.12 bits per heavy atom. The molecule has 2 aliphatic heterocycles. The second-order valence-corrected chi connectivity index (χ2v) is 8.23. The van der Waals surface area contributed by atoms with Crippen LogP contribution in [0.3, 0.4) is 0 Å². The van der Waals surface area contributed by atoms with E-state index in [1.165, 1.54) is 55.2 Å². The maximum Gasteiger partial charge on any atom is 0.0798 e. The van der Waals surface area contributed by atoms with Gasteiger partial charge >= 0.3 is 0 Å². The van der Waals surface area contributed by atoms with Crippen molar-refractivity contribution < 1.29 is 0 Å². The third-order valence-electron chi connectivity index (χ3n) is 5.63. The highest BCUT2D eigenvalue weighted by atomic mass is 32.1. The number of rotatable bonds is 4. The zero-order valence-electron chi connectivity index (χ0n) is 14.4. The summed E-state index contributed by atoms with van der Waals surface area (Å²) in [7, 11) is 0. The predicted molar refractivity (Wildman–Crippen MR) is 97.9 cm³/mol. The summed E-state index contributed by atoms with van der Waals surface area (Å²) in [6.45, 7) is 9.27. The van der Waals surface area contributed by atoms with Crippen LogP contribution in [0.4, 0.5) is 0 Å². The molecule has 24 heavy (non-hydrogen) atoms. The number of hydrogen-bond acceptors (Lipinski definition) is 5. The fourth-order valence-corrected chi connectivity index (χ4v) is 5.04. The van der Waals surface area contributed by atoms with E-state index in [0.29, 0.717) is 0 Å². The number of aromatic nitrogens is 2. The van der Waals surface area contributed by atoms with Gasteiger partial charge in [-0.2, -0.15) is 0 Å². The molecule has 0 amide bonds. The van der Waals surface area contributed by atoms with Crippen molar-refractivity contribution >= 4 is 11.3 Å². The van der Waals surface area contributed by atoms with Gasteiger partial charge in [-0.15, -0.1) is 11.3 Å². The third-order valence-corrected chi connectivity index (χ3v) is 6.55. The van der Waals surface area contributed by atoms with Crippen molar-refractivity contribution in [3.05, 3.63) is 46.2 Å². The van der Waals surface area contributed by atoms with E-state index in [1.54, 1.807) is 0 Å². The maximum absolute atomic E-state index is 4.39. The Morgan fingerprint density at radius 3 is 2.54 bits per heavy atom. The second kappa shape index (κ2) is 7.30. The van der Waals surface area contributed by atoms with Crippen LogP contribution in [0.2, 0.25) is 0 Å². The van der Waals surface area contributed by atoms with E-state index >= 15 is 0 Å². The molecule has 128 valence electrons. The van der Waals surface area contributed by atoms with Crippen molar-refractivity contribution in [1.29, 1.82) is 0 Å². The van der Waals surface area contributed by atoms with Crippen molar-refractivity contribution in [3.8, 4) is 0 Å². The van der Waals surface area contributed by atoms with Crippen molar-refractivity contribution in [2.75, 3.05) is 26.2 Å². The quantitative estimate of drug-likeness (QED) is 0.854. The molecule has 2 saturated heterocycles. The van der Waals surface area contributed by atoms with E-state index in [-0.39, 0.29) is 0 Å². The number of likely N-dealkylation sites (tertiary alicyclic amines) is 2. The van der Waals surface area contributed by atoms with Gasteiger partial charge in [-0.1, -0.05) is 6.07 Å². The molecule has 0 aliphatic carbocycles. The first kappa shape index (κ1) is 16.2. The Kier molecular flexibility index (Phi) is 4.92. The highest BCUT2D eigenvalue weighted by Crippen LogP contribution is 2.33. The minimum absolute atomic E-state index is 0.872. The van der Waals surface area contributed by atoms with Crippen LogP contribution in [0.15, 0.2) is 30.0 Å². The number of fused-ring (bicyclic) bond motifs is 1. The van der Waals surface area contributed by atoms with Crippen LogP contribution in [0, 0.1) is 18.8 Å². The van der Waals surface area contributed by atoms with Crippen LogP contribution in [0.1, 0.15) is 29.0 Å². The van der Waals surface area contributed by atoms with Gasteiger partial charge in [-0.3, -0.25) is 14.8 Å². The first-order valence-electron chi connectivity index (χ1n) is 9.00. The Balaban J connectivity index is 1.31. The summed E-state index contributed by atoms with van der Waals surface area (Å²) in [6, 6.07) is 4.24. The Morgan fingerprint density at radius 2 is 1.92 bits per heavy atom. The summed E-state index contributed by atoms with van der Waals surface area (Å²) < 4.78 is 0. The number of aryl methyl sites for hydroxylation is 1. The van der Waals surface area contributed by atoms with Crippen LogP contribution < -0.4 is 0 Å². The van der Waals surface area contributed by atoms with E-state index in [9.17, 15) is 0 Å². The van der Waals surface area contributed by atoms with Crippen molar-refractivity contribution in [1.82, 2.24) is 19.8 Å². The Bertz CT molecular complexity index is 640. The minimum atomic E-state index is 0.872. The molecule has 0 bridgehead atoms. The Labute approximate surface area is 148 Å². The summed E-state index contributed by atoms with van der Waals surface area (Å²) in [5.74, 6) is 1.74. The van der Waals surface area contributed by atoms with Gasteiger partial charge in [0.2, 0.25) is 0 Å². The lowest BCUT2D eigenvalue weighted by molar-refractivity contribution is 0.249. The Hall–Kier alpha value is -1.30. The molecule has 2 aliphatic rings. The molecule has 2 aromatic heterocycles. The second-order valence-electron chi connectivity index (χ2n) is 7.29. The zero-order valence-corrected chi connectivity index (χ0v) is 15.2. The molecule has 2 aromatic rings. The van der Waals surface area contributed by atoms with Gasteiger partial charge < -0.3 is 0 Å². The van der Waals surface area contributed by atoms with E-state index in [0.717, 1.165) is 24.9 Å². The first-order chi connectivity index (χ1) is 11.8. The number of hydrogen-bond donors (Lipinski definition) is 0. The zero-order chi connectivity index (χ0) is 16.4. The van der Waals surface area contributed by atoms with E-state index in [1.807, 2.05) is 35.3 Å². The van der Waals surface area contributed by atoms with E-state index < -0.39 is 0 Å². The third kappa shape index (κ3) is 3.68. The molecule has 5 heteroatoms. The molecule has 0 unspecified atom stereocenters. The normalized spacial score (nSPS) is 25.5. The molecule has 0 aromatic carbocycles. The predicted octanol–water partition coefficient (Wildman–Crippen LogP) is 3.19. The summed E-state index contributed by atoms with van der Waals surface area (Å²) in [6.07, 6.45) is 6.53. The lowest BCUT2D eigenvalue weighted by Crippen LogP contribution is -2.27. The SMILES string of the molecule is Cc1ncsc1CN1C[C@H]2CCN(Cc3cccnc3)CC[C@H]2C1. The molecule has 0 radical (unpaired) electrons. The van der Waals surface area contributed by atoms with Gasteiger partial charge in [-0.05, 0) is 56.3 Å². The summed E-state index contributed by atoms with van der Waals surface area (Å²) in [4.78, 5) is 15.4. The van der Waals surface area contributed by atoms with Crippen LogP contribution >= 0.6 is 11.3 Å². The highest BCUT2D eigenvalue weighted by Gasteiger charge is 2.34. The van der Waals surface area contributed by atoms with Crippen molar-refractivity contribution in [2.24, 2.45) is 11.8 Å². The molecule has 4 nitrogen and oxygen atoms in total. The van der Waals surface area contributed by atoms with E-state index in [2.05, 4.69) is 32.8 Å². The van der Waals surface area contributed by atoms with Crippen LogP contribution in [-0.2, 0) is 13.1 Å². The maximum atomic E-state index is 4.39. The molecular weight excluding hydrogens is 316 g/mol. The van der Waals surface area contributed by atoms with Gasteiger partial charge in [0.25, 0.3) is 0 Å². The first-order valence-corrected chi connectivity index (χ1v) is 9.88. The molecule has 4 heterocycles. The fraction of sp³-hybridized carbons (Fsp3) is 0.579. The van der Waals surface area contributed by atoms with Gasteiger partial charge in [-0.25, -0.2) is 4.98 Å². The van der Waals surface area contributed by atoms with Crippen molar-refractivity contribution in [3.63, 3.8) is 0 Å². The molecule has 2 atom stereocenters. The summed E-state index contributed by atoms with van der Waals surface area (Å²) in [5.41, 5.74) is 4.54. The van der Waals surface area contributed by atoms with Crippen LogP contribution in [0.5, 0.6) is 0 Å². The van der Waals surface area contributed by atoms with E-state index in [4.69, 9.17) is 0 Å². The lowest BCUT2D eigenvalue weighted by atomic mass is 9.92. The summed E-state index contributed by atoms with van der Waals surface area (Å²) in [5, 5.41) is 0. The molecule has 2 fully saturated rings. The molecular formula is C19H26N4S. The van der Waals surface area contributed by atoms with Gasteiger partial charge in [0.15, 0.2) is 0 Å². The molecule has 0 spiro atoms. The standard InChI is InChI=1S/C19H26N4S/c1-15-19(24-14-21-15)13-23-11-17-4-7-22(8-5-18(17)12-23)10-16-3-2-6-20-9-16/h2-3,6,9,14,17-18H,4-5,7-8,10-13H2,1H3/t17-,18+. The largest absolute Gasteiger partial charge is 0.299 e. The van der Waals surface area contributed by atoms with Gasteiger partial charge in [0.05, 0.1) is 11.2 Å². The lowest BCUT2D eigenvalue weighted by Gasteiger charge is -2.21. The van der Waals surface area contributed by atoms with Gasteiger partial charge in [0.1, 0.15) is 0 Å². The topological polar surface area (TPSA) is 32.3 Å². The average molecular weight is 343 g/mol. The number of thiazole rings is 1. The average Bonchev–Trinajstić information content (AvgIpc) is 3.13. The van der Waals surface area contributed by atoms with Crippen LogP contribution in [-0.4, -0.2) is 45.9 Å². The molecule has 0 saturated carbocycles. The molecule has 0 N–H and O–H groups in total.